The van der Waals surface area contributed by atoms with Gasteiger partial charge in [-0.05, 0) is 42.3 Å². The number of piperazine rings is 2. The second kappa shape index (κ2) is 9.45. The van der Waals surface area contributed by atoms with Crippen LogP contribution in [0.15, 0.2) is 40.8 Å². The molecule has 2 aliphatic heterocycles. The van der Waals surface area contributed by atoms with E-state index < -0.39 is 0 Å². The smallest absolute Gasteiger partial charge is 0.194 e. The van der Waals surface area contributed by atoms with Crippen LogP contribution in [0.25, 0.3) is 0 Å². The molecule has 2 fully saturated rings. The second-order valence-corrected chi connectivity index (χ2v) is 8.56. The fourth-order valence-corrected chi connectivity index (χ4v) is 4.67. The lowest BCUT2D eigenvalue weighted by atomic mass is 10.2. The third kappa shape index (κ3) is 5.00. The highest BCUT2D eigenvalue weighted by molar-refractivity contribution is 7.14. The number of guanidine groups is 1. The number of nitrogens with one attached hydrogen (secondary N) is 1. The molecular formula is C21H31N7S. The minimum absolute atomic E-state index is 0.765. The molecule has 156 valence electrons. The molecule has 2 aliphatic rings. The highest BCUT2D eigenvalue weighted by Gasteiger charge is 2.20. The van der Waals surface area contributed by atoms with Crippen molar-refractivity contribution in [2.24, 2.45) is 4.99 Å². The molecule has 8 heteroatoms. The Morgan fingerprint density at radius 1 is 1.07 bits per heavy atom. The van der Waals surface area contributed by atoms with E-state index in [1.807, 2.05) is 24.6 Å². The molecular weight excluding hydrogens is 382 g/mol. The highest BCUT2D eigenvalue weighted by Crippen LogP contribution is 2.22. The Morgan fingerprint density at radius 2 is 1.83 bits per heavy atom. The summed E-state index contributed by atoms with van der Waals surface area (Å²) in [6.45, 7) is 9.06. The standard InChI is InChI=1S/C21H31N7S/c1-22-21(28-13-11-27(12-14-28)20-4-3-15-29-20)24-17-18-5-6-23-19(16-18)26-9-7-25(2)8-10-26/h3-6,15-16H,7-14,17H2,1-2H3,(H,22,24). The topological polar surface area (TPSA) is 50.2 Å². The predicted octanol–water partition coefficient (Wildman–Crippen LogP) is 1.79. The van der Waals surface area contributed by atoms with Gasteiger partial charge in [-0.3, -0.25) is 4.99 Å². The predicted molar refractivity (Wildman–Crippen MR) is 122 cm³/mol. The molecule has 0 unspecified atom stereocenters. The van der Waals surface area contributed by atoms with Crippen molar-refractivity contribution >= 4 is 28.1 Å². The largest absolute Gasteiger partial charge is 0.360 e. The lowest BCUT2D eigenvalue weighted by Gasteiger charge is -2.37. The number of pyridine rings is 1. The normalized spacial score (nSPS) is 19.0. The van der Waals surface area contributed by atoms with Crippen LogP contribution in [0, 0.1) is 0 Å². The van der Waals surface area contributed by atoms with E-state index in [4.69, 9.17) is 0 Å². The molecule has 2 aromatic heterocycles. The van der Waals surface area contributed by atoms with Crippen molar-refractivity contribution < 1.29 is 0 Å². The van der Waals surface area contributed by atoms with Gasteiger partial charge in [0.25, 0.3) is 0 Å². The zero-order valence-corrected chi connectivity index (χ0v) is 18.2. The molecule has 2 aromatic rings. The Hall–Kier alpha value is -2.32. The number of likely N-dealkylation sites (N-methyl/N-ethyl adjacent to an activating group) is 1. The quantitative estimate of drug-likeness (QED) is 0.609. The first-order chi connectivity index (χ1) is 14.2. The Bertz CT molecular complexity index is 791. The number of rotatable bonds is 4. The van der Waals surface area contributed by atoms with Gasteiger partial charge in [0.2, 0.25) is 0 Å². The fraction of sp³-hybridized carbons (Fsp3) is 0.524. The Balaban J connectivity index is 1.30. The summed E-state index contributed by atoms with van der Waals surface area (Å²) in [5.74, 6) is 2.06. The van der Waals surface area contributed by atoms with Crippen LogP contribution in [0.2, 0.25) is 0 Å². The van der Waals surface area contributed by atoms with Gasteiger partial charge in [0, 0.05) is 72.1 Å². The minimum Gasteiger partial charge on any atom is -0.360 e. The van der Waals surface area contributed by atoms with Crippen molar-refractivity contribution in [3.8, 4) is 0 Å². The van der Waals surface area contributed by atoms with E-state index in [2.05, 4.69) is 71.6 Å². The number of anilines is 2. The first kappa shape index (κ1) is 20.0. The Kier molecular flexibility index (Phi) is 6.51. The third-order valence-electron chi connectivity index (χ3n) is 5.70. The molecule has 0 radical (unpaired) electrons. The monoisotopic (exact) mass is 413 g/mol. The first-order valence-corrected chi connectivity index (χ1v) is 11.2. The van der Waals surface area contributed by atoms with Crippen molar-refractivity contribution in [2.45, 2.75) is 6.54 Å². The van der Waals surface area contributed by atoms with Crippen LogP contribution < -0.4 is 15.1 Å². The van der Waals surface area contributed by atoms with Crippen molar-refractivity contribution in [2.75, 3.05) is 76.3 Å². The van der Waals surface area contributed by atoms with Gasteiger partial charge >= 0.3 is 0 Å². The molecule has 1 N–H and O–H groups in total. The lowest BCUT2D eigenvalue weighted by molar-refractivity contribution is 0.312. The summed E-state index contributed by atoms with van der Waals surface area (Å²) in [6, 6.07) is 8.63. The van der Waals surface area contributed by atoms with E-state index in [1.165, 1.54) is 10.6 Å². The zero-order chi connectivity index (χ0) is 20.1. The van der Waals surface area contributed by atoms with E-state index in [1.54, 1.807) is 0 Å². The SMILES string of the molecule is CN=C(NCc1ccnc(N2CCN(C)CC2)c1)N1CCN(c2cccs2)CC1. The van der Waals surface area contributed by atoms with E-state index >= 15 is 0 Å². The lowest BCUT2D eigenvalue weighted by Crippen LogP contribution is -2.52. The highest BCUT2D eigenvalue weighted by atomic mass is 32.1. The van der Waals surface area contributed by atoms with Gasteiger partial charge in [0.05, 0.1) is 5.00 Å². The summed E-state index contributed by atoms with van der Waals surface area (Å²) in [5, 5.41) is 7.06. The summed E-state index contributed by atoms with van der Waals surface area (Å²) >= 11 is 1.81. The van der Waals surface area contributed by atoms with Crippen LogP contribution in [-0.2, 0) is 6.54 Å². The van der Waals surface area contributed by atoms with Gasteiger partial charge in [-0.15, -0.1) is 11.3 Å². The molecule has 0 spiro atoms. The number of thiophene rings is 1. The number of aromatic nitrogens is 1. The molecule has 2 saturated heterocycles. The molecule has 7 nitrogen and oxygen atoms in total. The van der Waals surface area contributed by atoms with E-state index in [-0.39, 0.29) is 0 Å². The maximum Gasteiger partial charge on any atom is 0.194 e. The van der Waals surface area contributed by atoms with Crippen LogP contribution in [0.4, 0.5) is 10.8 Å². The summed E-state index contributed by atoms with van der Waals surface area (Å²) in [6.07, 6.45) is 1.92. The van der Waals surface area contributed by atoms with Gasteiger partial charge < -0.3 is 24.9 Å². The molecule has 29 heavy (non-hydrogen) atoms. The number of hydrogen-bond donors (Lipinski definition) is 1. The average Bonchev–Trinajstić information content (AvgIpc) is 3.30. The van der Waals surface area contributed by atoms with Crippen molar-refractivity contribution in [1.82, 2.24) is 20.1 Å². The Morgan fingerprint density at radius 3 is 2.52 bits per heavy atom. The molecule has 0 bridgehead atoms. The van der Waals surface area contributed by atoms with Gasteiger partial charge in [-0.1, -0.05) is 0 Å². The molecule has 0 saturated carbocycles. The summed E-state index contributed by atoms with van der Waals surface area (Å²) in [5.41, 5.74) is 1.24. The average molecular weight is 414 g/mol. The maximum absolute atomic E-state index is 4.59. The van der Waals surface area contributed by atoms with Gasteiger partial charge in [-0.25, -0.2) is 4.98 Å². The zero-order valence-electron chi connectivity index (χ0n) is 17.4. The minimum atomic E-state index is 0.765. The summed E-state index contributed by atoms with van der Waals surface area (Å²) < 4.78 is 0. The summed E-state index contributed by atoms with van der Waals surface area (Å²) in [4.78, 5) is 18.7. The van der Waals surface area contributed by atoms with Gasteiger partial charge in [-0.2, -0.15) is 0 Å². The Labute approximate surface area is 177 Å². The van der Waals surface area contributed by atoms with Crippen LogP contribution in [0.5, 0.6) is 0 Å². The number of aliphatic imine (C=N–C) groups is 1. The number of nitrogens with zero attached hydrogens (tertiary/aromatic N) is 6. The second-order valence-electron chi connectivity index (χ2n) is 7.64. The number of hydrogen-bond acceptors (Lipinski definition) is 6. The summed E-state index contributed by atoms with van der Waals surface area (Å²) in [7, 11) is 4.05. The van der Waals surface area contributed by atoms with E-state index in [9.17, 15) is 0 Å². The van der Waals surface area contributed by atoms with Crippen molar-refractivity contribution in [3.05, 3.63) is 41.4 Å². The van der Waals surface area contributed by atoms with E-state index in [0.29, 0.717) is 0 Å². The third-order valence-corrected chi connectivity index (χ3v) is 6.63. The molecule has 0 aliphatic carbocycles. The molecule has 4 rings (SSSR count). The van der Waals surface area contributed by atoms with Crippen LogP contribution in [0.1, 0.15) is 5.56 Å². The van der Waals surface area contributed by atoms with Crippen molar-refractivity contribution in [1.29, 1.82) is 0 Å². The fourth-order valence-electron chi connectivity index (χ4n) is 3.88. The van der Waals surface area contributed by atoms with Crippen LogP contribution >= 0.6 is 11.3 Å². The van der Waals surface area contributed by atoms with Crippen LogP contribution in [-0.4, -0.2) is 87.2 Å². The first-order valence-electron chi connectivity index (χ1n) is 10.4. The van der Waals surface area contributed by atoms with Gasteiger partial charge in [0.1, 0.15) is 5.82 Å². The van der Waals surface area contributed by atoms with Crippen LogP contribution in [0.3, 0.4) is 0 Å². The molecule has 0 aromatic carbocycles. The molecule has 4 heterocycles. The van der Waals surface area contributed by atoms with Gasteiger partial charge in [0.15, 0.2) is 5.96 Å². The molecule has 0 atom stereocenters. The van der Waals surface area contributed by atoms with Crippen molar-refractivity contribution in [3.63, 3.8) is 0 Å². The van der Waals surface area contributed by atoms with E-state index in [0.717, 1.165) is 70.7 Å². The molecule has 0 amide bonds. The maximum atomic E-state index is 4.59.